The van der Waals surface area contributed by atoms with Crippen LogP contribution in [0.5, 0.6) is 0 Å². The predicted octanol–water partition coefficient (Wildman–Crippen LogP) is 3.59. The fourth-order valence-electron chi connectivity index (χ4n) is 1.69. The van der Waals surface area contributed by atoms with E-state index in [1.54, 1.807) is 24.4 Å². The maximum atomic E-state index is 6.17. The Hall–Kier alpha value is -1.43. The first-order chi connectivity index (χ1) is 9.47. The van der Waals surface area contributed by atoms with Gasteiger partial charge in [0.2, 0.25) is 5.95 Å². The number of aromatic nitrogens is 2. The minimum atomic E-state index is -0.0821. The Labute approximate surface area is 132 Å². The van der Waals surface area contributed by atoms with Crippen LogP contribution in [0.4, 0.5) is 5.95 Å². The predicted molar refractivity (Wildman–Crippen MR) is 86.4 cm³/mol. The van der Waals surface area contributed by atoms with Crippen molar-refractivity contribution in [3.05, 3.63) is 51.8 Å². The second kappa shape index (κ2) is 6.35. The van der Waals surface area contributed by atoms with Gasteiger partial charge in [0.05, 0.1) is 6.04 Å². The highest BCUT2D eigenvalue weighted by Crippen LogP contribution is 2.27. The molecule has 0 aliphatic carbocycles. The van der Waals surface area contributed by atoms with Gasteiger partial charge in [-0.1, -0.05) is 41.5 Å². The molecule has 2 rings (SSSR count). The minimum Gasteiger partial charge on any atom is -0.388 e. The summed E-state index contributed by atoms with van der Waals surface area (Å²) in [4.78, 5) is 8.58. The zero-order valence-electron chi connectivity index (χ0n) is 10.6. The van der Waals surface area contributed by atoms with Gasteiger partial charge in [-0.05, 0) is 30.7 Å². The SMILES string of the molecule is CC(Nc1nccc(C(N)=S)n1)c1ccc(Cl)cc1Cl. The second-order valence-electron chi connectivity index (χ2n) is 4.16. The van der Waals surface area contributed by atoms with Gasteiger partial charge in [-0.2, -0.15) is 0 Å². The van der Waals surface area contributed by atoms with Crippen LogP contribution in [0.15, 0.2) is 30.5 Å². The van der Waals surface area contributed by atoms with Crippen LogP contribution in [0.1, 0.15) is 24.2 Å². The Balaban J connectivity index is 2.21. The molecule has 0 saturated carbocycles. The first-order valence-electron chi connectivity index (χ1n) is 5.81. The summed E-state index contributed by atoms with van der Waals surface area (Å²) in [6, 6.07) is 6.92. The number of nitrogens with one attached hydrogen (secondary N) is 1. The molecule has 1 aromatic heterocycles. The first-order valence-corrected chi connectivity index (χ1v) is 6.98. The zero-order chi connectivity index (χ0) is 14.7. The molecule has 1 aromatic carbocycles. The summed E-state index contributed by atoms with van der Waals surface area (Å²) < 4.78 is 0. The molecular weight excluding hydrogens is 315 g/mol. The van der Waals surface area contributed by atoms with E-state index in [0.717, 1.165) is 5.56 Å². The highest BCUT2D eigenvalue weighted by Gasteiger charge is 2.11. The third-order valence-electron chi connectivity index (χ3n) is 2.68. The van der Waals surface area contributed by atoms with Crippen LogP contribution in [0.25, 0.3) is 0 Å². The molecule has 1 atom stereocenters. The van der Waals surface area contributed by atoms with Crippen molar-refractivity contribution < 1.29 is 0 Å². The Morgan fingerprint density at radius 1 is 1.35 bits per heavy atom. The lowest BCUT2D eigenvalue weighted by Gasteiger charge is -2.16. The molecule has 0 radical (unpaired) electrons. The average molecular weight is 327 g/mol. The molecule has 7 heteroatoms. The van der Waals surface area contributed by atoms with Crippen LogP contribution in [0.2, 0.25) is 10.0 Å². The third-order valence-corrected chi connectivity index (χ3v) is 3.45. The van der Waals surface area contributed by atoms with Gasteiger partial charge in [0.1, 0.15) is 10.7 Å². The normalized spacial score (nSPS) is 11.9. The van der Waals surface area contributed by atoms with Gasteiger partial charge in [-0.15, -0.1) is 0 Å². The average Bonchev–Trinajstić information content (AvgIpc) is 2.38. The smallest absolute Gasteiger partial charge is 0.223 e. The molecule has 0 saturated heterocycles. The number of halogens is 2. The van der Waals surface area contributed by atoms with Gasteiger partial charge in [0, 0.05) is 16.2 Å². The van der Waals surface area contributed by atoms with Crippen LogP contribution in [0.3, 0.4) is 0 Å². The number of hydrogen-bond acceptors (Lipinski definition) is 4. The number of thiocarbonyl (C=S) groups is 1. The largest absolute Gasteiger partial charge is 0.388 e. The maximum Gasteiger partial charge on any atom is 0.223 e. The Kier molecular flexibility index (Phi) is 4.75. The second-order valence-corrected chi connectivity index (χ2v) is 5.45. The summed E-state index contributed by atoms with van der Waals surface area (Å²) in [5.41, 5.74) is 6.97. The first kappa shape index (κ1) is 15.0. The van der Waals surface area contributed by atoms with Gasteiger partial charge in [0.15, 0.2) is 0 Å². The van der Waals surface area contributed by atoms with E-state index in [9.17, 15) is 0 Å². The van der Waals surface area contributed by atoms with Crippen molar-refractivity contribution in [1.82, 2.24) is 9.97 Å². The quantitative estimate of drug-likeness (QED) is 0.840. The van der Waals surface area contributed by atoms with Crippen molar-refractivity contribution in [2.24, 2.45) is 5.73 Å². The summed E-state index contributed by atoms with van der Waals surface area (Å²) in [7, 11) is 0. The number of benzene rings is 1. The molecule has 3 N–H and O–H groups in total. The van der Waals surface area contributed by atoms with Crippen molar-refractivity contribution in [3.63, 3.8) is 0 Å². The van der Waals surface area contributed by atoms with Crippen LogP contribution < -0.4 is 11.1 Å². The van der Waals surface area contributed by atoms with Crippen molar-refractivity contribution in [2.75, 3.05) is 5.32 Å². The van der Waals surface area contributed by atoms with E-state index < -0.39 is 0 Å². The molecule has 0 bridgehead atoms. The summed E-state index contributed by atoms with van der Waals surface area (Å²) in [6.45, 7) is 1.95. The summed E-state index contributed by atoms with van der Waals surface area (Å²) in [6.07, 6.45) is 1.60. The number of nitrogens with two attached hydrogens (primary N) is 1. The summed E-state index contributed by atoms with van der Waals surface area (Å²) in [5.74, 6) is 0.439. The van der Waals surface area contributed by atoms with Crippen LogP contribution in [-0.4, -0.2) is 15.0 Å². The van der Waals surface area contributed by atoms with E-state index in [1.807, 2.05) is 13.0 Å². The molecule has 20 heavy (non-hydrogen) atoms. The van der Waals surface area contributed by atoms with Crippen molar-refractivity contribution in [1.29, 1.82) is 0 Å². The summed E-state index contributed by atoms with van der Waals surface area (Å²) >= 11 is 16.9. The third kappa shape index (κ3) is 3.56. The van der Waals surface area contributed by atoms with Crippen LogP contribution in [0, 0.1) is 0 Å². The van der Waals surface area contributed by atoms with E-state index in [0.29, 0.717) is 21.7 Å². The van der Waals surface area contributed by atoms with Crippen molar-refractivity contribution in [3.8, 4) is 0 Å². The van der Waals surface area contributed by atoms with Gasteiger partial charge in [0.25, 0.3) is 0 Å². The van der Waals surface area contributed by atoms with E-state index in [1.165, 1.54) is 0 Å². The van der Waals surface area contributed by atoms with E-state index in [2.05, 4.69) is 15.3 Å². The molecule has 104 valence electrons. The Morgan fingerprint density at radius 3 is 2.75 bits per heavy atom. The van der Waals surface area contributed by atoms with Gasteiger partial charge in [-0.3, -0.25) is 0 Å². The minimum absolute atomic E-state index is 0.0821. The zero-order valence-corrected chi connectivity index (χ0v) is 12.9. The highest BCUT2D eigenvalue weighted by molar-refractivity contribution is 7.80. The molecule has 0 spiro atoms. The number of nitrogens with zero attached hydrogens (tertiary/aromatic N) is 2. The standard InChI is InChI=1S/C13H12Cl2N4S/c1-7(9-3-2-8(14)6-10(9)15)18-13-17-5-4-11(19-13)12(16)20/h2-7H,1H3,(H2,16,20)(H,17,18,19). The molecule has 0 aliphatic rings. The van der Waals surface area contributed by atoms with E-state index in [4.69, 9.17) is 41.2 Å². The van der Waals surface area contributed by atoms with Crippen LogP contribution in [-0.2, 0) is 0 Å². The monoisotopic (exact) mass is 326 g/mol. The molecule has 4 nitrogen and oxygen atoms in total. The summed E-state index contributed by atoms with van der Waals surface area (Å²) in [5, 5.41) is 4.33. The van der Waals surface area contributed by atoms with Crippen LogP contribution >= 0.6 is 35.4 Å². The van der Waals surface area contributed by atoms with Crippen molar-refractivity contribution in [2.45, 2.75) is 13.0 Å². The van der Waals surface area contributed by atoms with Gasteiger partial charge in [-0.25, -0.2) is 9.97 Å². The number of anilines is 1. The van der Waals surface area contributed by atoms with E-state index >= 15 is 0 Å². The number of hydrogen-bond donors (Lipinski definition) is 2. The van der Waals surface area contributed by atoms with Gasteiger partial charge >= 0.3 is 0 Å². The molecule has 0 aliphatic heterocycles. The van der Waals surface area contributed by atoms with E-state index in [-0.39, 0.29) is 11.0 Å². The molecule has 0 fully saturated rings. The lowest BCUT2D eigenvalue weighted by atomic mass is 10.1. The fourth-order valence-corrected chi connectivity index (χ4v) is 2.38. The molecular formula is C13H12Cl2N4S. The lowest BCUT2D eigenvalue weighted by molar-refractivity contribution is 0.860. The Bertz CT molecular complexity index is 648. The lowest BCUT2D eigenvalue weighted by Crippen LogP contribution is -2.15. The number of rotatable bonds is 4. The topological polar surface area (TPSA) is 63.8 Å². The molecule has 1 heterocycles. The van der Waals surface area contributed by atoms with Gasteiger partial charge < -0.3 is 11.1 Å². The molecule has 2 aromatic rings. The fraction of sp³-hybridized carbons (Fsp3) is 0.154. The van der Waals surface area contributed by atoms with Crippen molar-refractivity contribution >= 4 is 46.4 Å². The highest BCUT2D eigenvalue weighted by atomic mass is 35.5. The molecule has 0 amide bonds. The Morgan fingerprint density at radius 2 is 2.10 bits per heavy atom. The molecule has 1 unspecified atom stereocenters. The maximum absolute atomic E-state index is 6.17.